The first-order valence-corrected chi connectivity index (χ1v) is 10.0. The second-order valence-electron chi connectivity index (χ2n) is 8.59. The molecule has 2 aromatic heterocycles. The summed E-state index contributed by atoms with van der Waals surface area (Å²) < 4.78 is 7.01. The zero-order chi connectivity index (χ0) is 20.6. The van der Waals surface area contributed by atoms with Gasteiger partial charge in [-0.25, -0.2) is 0 Å². The van der Waals surface area contributed by atoms with E-state index in [1.807, 2.05) is 40.9 Å². The summed E-state index contributed by atoms with van der Waals surface area (Å²) in [5.41, 5.74) is 1.37. The number of piperidine rings is 1. The first-order valence-electron chi connectivity index (χ1n) is 10.0. The van der Waals surface area contributed by atoms with Crippen molar-refractivity contribution in [2.75, 3.05) is 25.1 Å². The van der Waals surface area contributed by atoms with Gasteiger partial charge < -0.3 is 9.64 Å². The molecule has 7 heteroatoms. The average molecular weight is 393 g/mol. The highest BCUT2D eigenvalue weighted by Gasteiger charge is 2.27. The quantitative estimate of drug-likeness (QED) is 0.632. The molecule has 1 aliphatic rings. The third kappa shape index (κ3) is 3.81. The predicted octanol–water partition coefficient (Wildman–Crippen LogP) is 3.53. The van der Waals surface area contributed by atoms with Crippen LogP contribution in [0, 0.1) is 5.92 Å². The van der Waals surface area contributed by atoms with Gasteiger partial charge in [0.25, 0.3) is 0 Å². The van der Waals surface area contributed by atoms with Gasteiger partial charge in [0.1, 0.15) is 11.6 Å². The Morgan fingerprint density at radius 1 is 1.03 bits per heavy atom. The highest BCUT2D eigenvalue weighted by Crippen LogP contribution is 2.27. The van der Waals surface area contributed by atoms with Gasteiger partial charge in [-0.05, 0) is 49.2 Å². The number of benzene rings is 1. The SMILES string of the molecule is COc1ccc(C(=O)C2CCN(c3ccc4nnc(C(C)(C)C)n4n3)CC2)cc1. The number of hydrogen-bond acceptors (Lipinski definition) is 6. The number of ketones is 1. The van der Waals surface area contributed by atoms with Gasteiger partial charge in [-0.1, -0.05) is 20.8 Å². The van der Waals surface area contributed by atoms with Gasteiger partial charge in [0.2, 0.25) is 0 Å². The Labute approximate surface area is 170 Å². The molecule has 1 aromatic carbocycles. The number of methoxy groups -OCH3 is 1. The van der Waals surface area contributed by atoms with Crippen molar-refractivity contribution in [2.24, 2.45) is 5.92 Å². The summed E-state index contributed by atoms with van der Waals surface area (Å²) >= 11 is 0. The minimum absolute atomic E-state index is 0.0448. The third-order valence-electron chi connectivity index (χ3n) is 5.48. The van der Waals surface area contributed by atoms with Crippen molar-refractivity contribution in [1.82, 2.24) is 19.8 Å². The van der Waals surface area contributed by atoms with Crippen LogP contribution in [0.2, 0.25) is 0 Å². The monoisotopic (exact) mass is 393 g/mol. The summed E-state index contributed by atoms with van der Waals surface area (Å²) in [6.45, 7) is 7.92. The van der Waals surface area contributed by atoms with Crippen LogP contribution in [0.4, 0.5) is 5.82 Å². The van der Waals surface area contributed by atoms with Crippen LogP contribution in [0.5, 0.6) is 5.75 Å². The Morgan fingerprint density at radius 2 is 1.72 bits per heavy atom. The molecule has 1 saturated heterocycles. The van der Waals surface area contributed by atoms with Crippen molar-refractivity contribution >= 4 is 17.2 Å². The first-order chi connectivity index (χ1) is 13.9. The second-order valence-corrected chi connectivity index (χ2v) is 8.59. The molecule has 0 spiro atoms. The van der Waals surface area contributed by atoms with Gasteiger partial charge in [-0.2, -0.15) is 4.52 Å². The summed E-state index contributed by atoms with van der Waals surface area (Å²) in [5, 5.41) is 13.3. The maximum absolute atomic E-state index is 12.8. The number of fused-ring (bicyclic) bond motifs is 1. The fraction of sp³-hybridized carbons (Fsp3) is 0.455. The van der Waals surface area contributed by atoms with E-state index in [-0.39, 0.29) is 17.1 Å². The Kier molecular flexibility index (Phi) is 4.98. The first kappa shape index (κ1) is 19.4. The van der Waals surface area contributed by atoms with Crippen molar-refractivity contribution in [1.29, 1.82) is 0 Å². The van der Waals surface area contributed by atoms with E-state index in [0.717, 1.165) is 54.5 Å². The Morgan fingerprint density at radius 3 is 2.34 bits per heavy atom. The van der Waals surface area contributed by atoms with Gasteiger partial charge in [0, 0.05) is 30.0 Å². The maximum Gasteiger partial charge on any atom is 0.178 e. The summed E-state index contributed by atoms with van der Waals surface area (Å²) in [4.78, 5) is 15.1. The molecule has 152 valence electrons. The molecule has 3 heterocycles. The number of anilines is 1. The molecule has 0 amide bonds. The molecule has 0 radical (unpaired) electrons. The molecule has 3 aromatic rings. The van der Waals surface area contributed by atoms with Crippen molar-refractivity contribution in [3.05, 3.63) is 47.8 Å². The second kappa shape index (κ2) is 7.46. The lowest BCUT2D eigenvalue weighted by atomic mass is 9.89. The molecule has 1 aliphatic heterocycles. The summed E-state index contributed by atoms with van der Waals surface area (Å²) in [7, 11) is 1.63. The molecular weight excluding hydrogens is 366 g/mol. The molecule has 0 bridgehead atoms. The van der Waals surface area contributed by atoms with Gasteiger partial charge in [-0.3, -0.25) is 4.79 Å². The van der Waals surface area contributed by atoms with Crippen LogP contribution in [0.25, 0.3) is 5.65 Å². The lowest BCUT2D eigenvalue weighted by Crippen LogP contribution is -2.37. The van der Waals surface area contributed by atoms with Crippen LogP contribution >= 0.6 is 0 Å². The van der Waals surface area contributed by atoms with Crippen LogP contribution in [0.1, 0.15) is 49.8 Å². The smallest absolute Gasteiger partial charge is 0.178 e. The van der Waals surface area contributed by atoms with E-state index in [1.165, 1.54) is 0 Å². The number of rotatable bonds is 4. The lowest BCUT2D eigenvalue weighted by molar-refractivity contribution is 0.0900. The zero-order valence-electron chi connectivity index (χ0n) is 17.4. The standard InChI is InChI=1S/C22H27N5O2/c1-22(2,3)21-24-23-18-9-10-19(25-27(18)21)26-13-11-16(12-14-26)20(28)15-5-7-17(29-4)8-6-15/h5-10,16H,11-14H2,1-4H3. The number of aromatic nitrogens is 4. The number of hydrogen-bond donors (Lipinski definition) is 0. The van der Waals surface area contributed by atoms with Crippen molar-refractivity contribution < 1.29 is 9.53 Å². The molecule has 29 heavy (non-hydrogen) atoms. The Bertz CT molecular complexity index is 1010. The number of nitrogens with zero attached hydrogens (tertiary/aromatic N) is 5. The molecule has 0 atom stereocenters. The van der Waals surface area contributed by atoms with E-state index in [2.05, 4.69) is 35.9 Å². The predicted molar refractivity (Wildman–Crippen MR) is 112 cm³/mol. The highest BCUT2D eigenvalue weighted by molar-refractivity contribution is 5.98. The van der Waals surface area contributed by atoms with E-state index < -0.39 is 0 Å². The van der Waals surface area contributed by atoms with Gasteiger partial charge in [-0.15, -0.1) is 15.3 Å². The van der Waals surface area contributed by atoms with E-state index in [4.69, 9.17) is 9.84 Å². The highest BCUT2D eigenvalue weighted by atomic mass is 16.5. The fourth-order valence-electron chi connectivity index (χ4n) is 3.78. The average Bonchev–Trinajstić information content (AvgIpc) is 3.17. The topological polar surface area (TPSA) is 72.6 Å². The minimum atomic E-state index is -0.136. The van der Waals surface area contributed by atoms with Gasteiger partial charge in [0.15, 0.2) is 17.3 Å². The zero-order valence-corrected chi connectivity index (χ0v) is 17.4. The number of carbonyl (C=O) groups excluding carboxylic acids is 1. The Balaban J connectivity index is 1.47. The largest absolute Gasteiger partial charge is 0.497 e. The van der Waals surface area contributed by atoms with Crippen LogP contribution in [-0.2, 0) is 5.41 Å². The molecule has 4 rings (SSSR count). The summed E-state index contributed by atoms with van der Waals surface area (Å²) in [6.07, 6.45) is 1.64. The van der Waals surface area contributed by atoms with Crippen LogP contribution < -0.4 is 9.64 Å². The molecule has 0 unspecified atom stereocenters. The molecule has 1 fully saturated rings. The number of ether oxygens (including phenoxy) is 1. The Hall–Kier alpha value is -2.96. The molecular formula is C22H27N5O2. The fourth-order valence-corrected chi connectivity index (χ4v) is 3.78. The molecule has 0 aliphatic carbocycles. The summed E-state index contributed by atoms with van der Waals surface area (Å²) in [6, 6.07) is 11.3. The van der Waals surface area contributed by atoms with Crippen molar-refractivity contribution in [2.45, 2.75) is 39.0 Å². The number of carbonyl (C=O) groups is 1. The van der Waals surface area contributed by atoms with Crippen LogP contribution in [0.15, 0.2) is 36.4 Å². The molecule has 0 N–H and O–H groups in total. The molecule has 7 nitrogen and oxygen atoms in total. The van der Waals surface area contributed by atoms with Gasteiger partial charge in [0.05, 0.1) is 7.11 Å². The molecule has 0 saturated carbocycles. The van der Waals surface area contributed by atoms with Gasteiger partial charge >= 0.3 is 0 Å². The minimum Gasteiger partial charge on any atom is -0.497 e. The van der Waals surface area contributed by atoms with Crippen molar-refractivity contribution in [3.8, 4) is 5.75 Å². The van der Waals surface area contributed by atoms with E-state index in [0.29, 0.717) is 0 Å². The van der Waals surface area contributed by atoms with Crippen molar-refractivity contribution in [3.63, 3.8) is 0 Å². The van der Waals surface area contributed by atoms with E-state index in [1.54, 1.807) is 7.11 Å². The van der Waals surface area contributed by atoms with Crippen LogP contribution in [-0.4, -0.2) is 45.8 Å². The maximum atomic E-state index is 12.8. The van der Waals surface area contributed by atoms with Crippen LogP contribution in [0.3, 0.4) is 0 Å². The van der Waals surface area contributed by atoms with E-state index in [9.17, 15) is 4.79 Å². The lowest BCUT2D eigenvalue weighted by Gasteiger charge is -2.32. The number of Topliss-reactive ketones (excluding diaryl/α,β-unsaturated/α-hetero) is 1. The third-order valence-corrected chi connectivity index (χ3v) is 5.48. The summed E-state index contributed by atoms with van der Waals surface area (Å²) in [5.74, 6) is 2.77. The van der Waals surface area contributed by atoms with E-state index >= 15 is 0 Å². The normalized spacial score (nSPS) is 15.7.